The van der Waals surface area contributed by atoms with E-state index in [0.717, 1.165) is 68.0 Å². The highest BCUT2D eigenvalue weighted by Crippen LogP contribution is 2.61. The normalized spacial score (nSPS) is 12.5. The molecule has 0 radical (unpaired) electrons. The van der Waals surface area contributed by atoms with Gasteiger partial charge in [0.25, 0.3) is 0 Å². The molecule has 0 unspecified atom stereocenters. The van der Waals surface area contributed by atoms with Crippen molar-refractivity contribution in [2.75, 3.05) is 4.90 Å². The van der Waals surface area contributed by atoms with E-state index in [-0.39, 0.29) is 0 Å². The van der Waals surface area contributed by atoms with Crippen LogP contribution in [0.3, 0.4) is 0 Å². The summed E-state index contributed by atoms with van der Waals surface area (Å²) in [6.07, 6.45) is 0. The molecule has 0 aliphatic carbocycles. The number of hydrogen-bond acceptors (Lipinski definition) is 3. The van der Waals surface area contributed by atoms with Crippen molar-refractivity contribution in [3.05, 3.63) is 182 Å². The summed E-state index contributed by atoms with van der Waals surface area (Å²) < 4.78 is 15.8. The Morgan fingerprint density at radius 1 is 0.327 bits per heavy atom. The third kappa shape index (κ3) is 4.41. The number of hydrogen-bond donors (Lipinski definition) is 0. The maximum Gasteiger partial charge on any atom is 0.156 e. The molecule has 0 bridgehead atoms. The van der Waals surface area contributed by atoms with Crippen LogP contribution in [0.5, 0.6) is 23.0 Å². The van der Waals surface area contributed by atoms with E-state index < -0.39 is 0 Å². The van der Waals surface area contributed by atoms with E-state index in [0.29, 0.717) is 0 Å². The Kier molecular flexibility index (Phi) is 6.22. The van der Waals surface area contributed by atoms with Crippen LogP contribution in [-0.4, -0.2) is 4.57 Å². The minimum Gasteiger partial charge on any atom is -0.453 e. The summed E-state index contributed by atoms with van der Waals surface area (Å²) >= 11 is 0. The summed E-state index contributed by atoms with van der Waals surface area (Å²) in [5.41, 5.74) is 13.1. The predicted octanol–water partition coefficient (Wildman–Crippen LogP) is 13.5. The summed E-state index contributed by atoms with van der Waals surface area (Å²) in [5.74, 6) is 3.15. The Hall–Kier alpha value is -7.04. The predicted molar refractivity (Wildman–Crippen MR) is 212 cm³/mol. The van der Waals surface area contributed by atoms with Gasteiger partial charge in [-0.1, -0.05) is 115 Å². The first kappa shape index (κ1) is 28.8. The van der Waals surface area contributed by atoms with Crippen molar-refractivity contribution in [2.45, 2.75) is 0 Å². The lowest BCUT2D eigenvalue weighted by atomic mass is 9.97. The minimum atomic E-state index is 0.762. The maximum absolute atomic E-state index is 6.85. The van der Waals surface area contributed by atoms with E-state index in [2.05, 4.69) is 173 Å². The zero-order valence-electron chi connectivity index (χ0n) is 28.0. The lowest BCUT2D eigenvalue weighted by Crippen LogP contribution is -2.20. The van der Waals surface area contributed by atoms with E-state index in [1.54, 1.807) is 0 Å². The molecule has 244 valence electrons. The lowest BCUT2D eigenvalue weighted by Gasteiger charge is -2.38. The van der Waals surface area contributed by atoms with Gasteiger partial charge in [0.05, 0.1) is 22.4 Å². The second-order valence-corrected chi connectivity index (χ2v) is 13.4. The molecule has 2 aliphatic rings. The van der Waals surface area contributed by atoms with Crippen molar-refractivity contribution in [2.24, 2.45) is 0 Å². The number of fused-ring (bicyclic) bond motifs is 7. The first-order valence-electron chi connectivity index (χ1n) is 17.6. The number of nitrogens with zero attached hydrogens (tertiary/aromatic N) is 2. The monoisotopic (exact) mass is 666 g/mol. The van der Waals surface area contributed by atoms with E-state index in [1.807, 2.05) is 18.2 Å². The van der Waals surface area contributed by atoms with Crippen LogP contribution in [0.15, 0.2) is 182 Å². The molecule has 0 atom stereocenters. The topological polar surface area (TPSA) is 26.6 Å². The molecule has 0 saturated carbocycles. The van der Waals surface area contributed by atoms with Crippen LogP contribution in [0, 0.1) is 0 Å². The molecule has 8 aromatic carbocycles. The summed E-state index contributed by atoms with van der Waals surface area (Å²) in [5, 5.41) is 2.42. The number of ether oxygens (including phenoxy) is 2. The maximum atomic E-state index is 6.85. The number of benzene rings is 8. The van der Waals surface area contributed by atoms with Gasteiger partial charge in [0, 0.05) is 16.5 Å². The fourth-order valence-electron chi connectivity index (χ4n) is 7.91. The molecule has 4 heteroatoms. The summed E-state index contributed by atoms with van der Waals surface area (Å²) in [4.78, 5) is 2.28. The zero-order chi connectivity index (χ0) is 34.2. The molecule has 0 amide bonds. The van der Waals surface area contributed by atoms with E-state index >= 15 is 0 Å². The Bertz CT molecular complexity index is 2840. The van der Waals surface area contributed by atoms with Crippen molar-refractivity contribution >= 4 is 38.9 Å². The molecule has 0 spiro atoms. The molecular weight excluding hydrogens is 637 g/mol. The van der Waals surface area contributed by atoms with Gasteiger partial charge in [-0.25, -0.2) is 0 Å². The molecule has 1 aromatic heterocycles. The van der Waals surface area contributed by atoms with Gasteiger partial charge in [-0.2, -0.15) is 0 Å². The van der Waals surface area contributed by atoms with Crippen LogP contribution in [0.2, 0.25) is 0 Å². The zero-order valence-corrected chi connectivity index (χ0v) is 28.0. The first-order chi connectivity index (χ1) is 25.8. The van der Waals surface area contributed by atoms with Crippen molar-refractivity contribution in [3.63, 3.8) is 0 Å². The number of para-hydroxylation sites is 4. The summed E-state index contributed by atoms with van der Waals surface area (Å²) in [7, 11) is 0. The average molecular weight is 667 g/mol. The number of aromatic nitrogens is 1. The molecule has 2 aliphatic heterocycles. The number of rotatable bonds is 4. The molecule has 0 N–H and O–H groups in total. The highest BCUT2D eigenvalue weighted by atomic mass is 16.5. The fraction of sp³-hybridized carbons (Fsp3) is 0. The minimum absolute atomic E-state index is 0.762. The van der Waals surface area contributed by atoms with Gasteiger partial charge < -0.3 is 14.0 Å². The number of anilines is 3. The van der Waals surface area contributed by atoms with Crippen molar-refractivity contribution in [1.82, 2.24) is 4.57 Å². The van der Waals surface area contributed by atoms with Crippen molar-refractivity contribution < 1.29 is 9.47 Å². The van der Waals surface area contributed by atoms with E-state index in [1.165, 1.54) is 32.9 Å². The first-order valence-corrected chi connectivity index (χ1v) is 17.6. The van der Waals surface area contributed by atoms with Gasteiger partial charge in [-0.15, -0.1) is 0 Å². The third-order valence-corrected chi connectivity index (χ3v) is 10.4. The highest BCUT2D eigenvalue weighted by molar-refractivity contribution is 6.10. The van der Waals surface area contributed by atoms with Crippen LogP contribution in [0.25, 0.3) is 60.9 Å². The lowest BCUT2D eigenvalue weighted by molar-refractivity contribution is 0.446. The van der Waals surface area contributed by atoms with Gasteiger partial charge in [-0.05, 0) is 100 Å². The summed E-state index contributed by atoms with van der Waals surface area (Å²) in [6, 6.07) is 64.2. The summed E-state index contributed by atoms with van der Waals surface area (Å²) in [6.45, 7) is 0. The fourth-order valence-corrected chi connectivity index (χ4v) is 7.91. The van der Waals surface area contributed by atoms with Gasteiger partial charge in [0.15, 0.2) is 23.0 Å². The second-order valence-electron chi connectivity index (χ2n) is 13.4. The van der Waals surface area contributed by atoms with Gasteiger partial charge in [-0.3, -0.25) is 4.90 Å². The van der Waals surface area contributed by atoms with Gasteiger partial charge in [0.1, 0.15) is 5.69 Å². The third-order valence-electron chi connectivity index (χ3n) is 10.4. The molecule has 3 heterocycles. The molecule has 0 saturated heterocycles. The molecule has 11 rings (SSSR count). The van der Waals surface area contributed by atoms with Crippen LogP contribution in [0.1, 0.15) is 0 Å². The van der Waals surface area contributed by atoms with Crippen LogP contribution < -0.4 is 14.4 Å². The van der Waals surface area contributed by atoms with Gasteiger partial charge in [0.2, 0.25) is 0 Å². The SMILES string of the molecule is c1ccc(-c2ccc(-c3ccc4c(c3)Oc3cc(-c5ccc6c(c5)c5ccccc5n6-c5ccccc5)cc5c3N4c3ccccc3O5)cc2)cc1. The molecule has 9 aromatic rings. The smallest absolute Gasteiger partial charge is 0.156 e. The largest absolute Gasteiger partial charge is 0.453 e. The quantitative estimate of drug-likeness (QED) is 0.187. The van der Waals surface area contributed by atoms with Gasteiger partial charge >= 0.3 is 0 Å². The van der Waals surface area contributed by atoms with Crippen LogP contribution in [0.4, 0.5) is 17.1 Å². The molecule has 4 nitrogen and oxygen atoms in total. The van der Waals surface area contributed by atoms with Crippen LogP contribution >= 0.6 is 0 Å². The Balaban J connectivity index is 1.04. The van der Waals surface area contributed by atoms with E-state index in [9.17, 15) is 0 Å². The molecule has 0 fully saturated rings. The highest BCUT2D eigenvalue weighted by Gasteiger charge is 2.35. The van der Waals surface area contributed by atoms with Crippen LogP contribution in [-0.2, 0) is 0 Å². The average Bonchev–Trinajstić information content (AvgIpc) is 3.55. The molecular formula is C48H30N2O2. The molecule has 52 heavy (non-hydrogen) atoms. The van der Waals surface area contributed by atoms with E-state index in [4.69, 9.17) is 9.47 Å². The Labute approximate surface area is 301 Å². The van der Waals surface area contributed by atoms with Crippen molar-refractivity contribution in [1.29, 1.82) is 0 Å². The Morgan fingerprint density at radius 3 is 1.67 bits per heavy atom. The second kappa shape index (κ2) is 11.2. The van der Waals surface area contributed by atoms with Crippen molar-refractivity contribution in [3.8, 4) is 62.1 Å². The Morgan fingerprint density at radius 2 is 0.865 bits per heavy atom. The standard InChI is InChI=1S/C48H30N2O2/c1-3-11-31(12-4-1)32-19-21-33(22-20-32)35-24-26-43-45(28-35)52-47-30-36(29-46-48(47)50(43)42-17-9-10-18-44(42)51-46)34-23-25-41-39(27-34)38-15-7-8-16-40(38)49(41)37-13-5-2-6-14-37/h1-30H.